The van der Waals surface area contributed by atoms with E-state index < -0.39 is 11.2 Å². The summed E-state index contributed by atoms with van der Waals surface area (Å²) in [6.07, 6.45) is 3.11. The number of imidazole rings is 1. The minimum Gasteiger partial charge on any atom is -0.348 e. The fourth-order valence-electron chi connectivity index (χ4n) is 2.98. The lowest BCUT2D eigenvalue weighted by Gasteiger charge is -2.14. The number of hydrogen-bond acceptors (Lipinski definition) is 5. The van der Waals surface area contributed by atoms with E-state index in [4.69, 9.17) is 0 Å². The number of nitrogens with one attached hydrogen (secondary N) is 1. The molecule has 138 valence electrons. The summed E-state index contributed by atoms with van der Waals surface area (Å²) in [6.45, 7) is 3.73. The third kappa shape index (κ3) is 2.72. The molecule has 10 heteroatoms. The molecule has 1 atom stereocenters. The maximum absolute atomic E-state index is 12.4. The summed E-state index contributed by atoms with van der Waals surface area (Å²) in [7, 11) is 4.77. The molecule has 0 fully saturated rings. The van der Waals surface area contributed by atoms with E-state index in [1.54, 1.807) is 10.9 Å². The zero-order chi connectivity index (χ0) is 19.2. The van der Waals surface area contributed by atoms with Gasteiger partial charge in [-0.3, -0.25) is 23.4 Å². The molecule has 0 spiro atoms. The Labute approximate surface area is 148 Å². The second kappa shape index (κ2) is 6.28. The van der Waals surface area contributed by atoms with E-state index in [2.05, 4.69) is 15.4 Å². The topological polar surface area (TPSA) is 109 Å². The average Bonchev–Trinajstić information content (AvgIpc) is 3.15. The van der Waals surface area contributed by atoms with E-state index in [-0.39, 0.29) is 29.7 Å². The van der Waals surface area contributed by atoms with Crippen LogP contribution in [-0.4, -0.2) is 34.4 Å². The first-order chi connectivity index (χ1) is 12.2. The maximum Gasteiger partial charge on any atom is 0.332 e. The average molecular weight is 359 g/mol. The van der Waals surface area contributed by atoms with Gasteiger partial charge in [0, 0.05) is 32.4 Å². The van der Waals surface area contributed by atoms with Crippen molar-refractivity contribution >= 4 is 17.1 Å². The Kier molecular flexibility index (Phi) is 4.26. The van der Waals surface area contributed by atoms with Crippen LogP contribution in [0.3, 0.4) is 0 Å². The molecule has 3 aromatic rings. The van der Waals surface area contributed by atoms with Crippen molar-refractivity contribution in [3.63, 3.8) is 0 Å². The van der Waals surface area contributed by atoms with Gasteiger partial charge in [0.1, 0.15) is 6.54 Å². The molecular formula is C16H21N7O3. The molecular weight excluding hydrogens is 338 g/mol. The molecule has 0 unspecified atom stereocenters. The number of nitrogens with zero attached hydrogens (tertiary/aromatic N) is 6. The lowest BCUT2D eigenvalue weighted by Crippen LogP contribution is -2.38. The molecule has 26 heavy (non-hydrogen) atoms. The normalized spacial score (nSPS) is 12.5. The number of rotatable bonds is 4. The summed E-state index contributed by atoms with van der Waals surface area (Å²) in [5.74, 6) is -0.268. The van der Waals surface area contributed by atoms with Crippen molar-refractivity contribution in [2.75, 3.05) is 0 Å². The van der Waals surface area contributed by atoms with Gasteiger partial charge in [-0.1, -0.05) is 0 Å². The van der Waals surface area contributed by atoms with Gasteiger partial charge < -0.3 is 9.88 Å². The predicted octanol–water partition coefficient (Wildman–Crippen LogP) is -0.647. The fourth-order valence-corrected chi connectivity index (χ4v) is 2.98. The highest BCUT2D eigenvalue weighted by atomic mass is 16.2. The Hall–Kier alpha value is -3.17. The molecule has 0 bridgehead atoms. The van der Waals surface area contributed by atoms with Gasteiger partial charge in [-0.25, -0.2) is 9.78 Å². The molecule has 10 nitrogen and oxygen atoms in total. The Morgan fingerprint density at radius 1 is 1.23 bits per heavy atom. The Bertz CT molecular complexity index is 1120. The Morgan fingerprint density at radius 3 is 2.54 bits per heavy atom. The third-order valence-electron chi connectivity index (χ3n) is 4.65. The van der Waals surface area contributed by atoms with Crippen LogP contribution in [0.2, 0.25) is 0 Å². The quantitative estimate of drug-likeness (QED) is 0.666. The molecule has 0 aliphatic heterocycles. The first-order valence-electron chi connectivity index (χ1n) is 8.11. The molecule has 3 heterocycles. The van der Waals surface area contributed by atoms with Gasteiger partial charge in [-0.05, 0) is 13.8 Å². The third-order valence-corrected chi connectivity index (χ3v) is 4.65. The van der Waals surface area contributed by atoms with Crippen molar-refractivity contribution in [2.24, 2.45) is 21.1 Å². The highest BCUT2D eigenvalue weighted by Gasteiger charge is 2.18. The number of carbonyl (C=O) groups is 1. The number of aromatic nitrogens is 6. The van der Waals surface area contributed by atoms with E-state index in [1.807, 2.05) is 20.9 Å². The number of carbonyl (C=O) groups excluding carboxylic acids is 1. The van der Waals surface area contributed by atoms with Crippen LogP contribution in [0.15, 0.2) is 22.1 Å². The van der Waals surface area contributed by atoms with Crippen LogP contribution in [0.1, 0.15) is 24.2 Å². The molecule has 1 N–H and O–H groups in total. The Balaban J connectivity index is 1.88. The number of aryl methyl sites for hydroxylation is 2. The van der Waals surface area contributed by atoms with Crippen molar-refractivity contribution in [1.82, 2.24) is 33.8 Å². The summed E-state index contributed by atoms with van der Waals surface area (Å²) in [4.78, 5) is 40.9. The SMILES string of the molecule is Cc1c([C@@H](C)NC(=O)Cn2cnc3c2c(=O)n(C)c(=O)n3C)cnn1C. The van der Waals surface area contributed by atoms with E-state index in [0.29, 0.717) is 0 Å². The minimum absolute atomic E-state index is 0.0758. The predicted molar refractivity (Wildman–Crippen MR) is 94.7 cm³/mol. The fraction of sp³-hybridized carbons (Fsp3) is 0.438. The van der Waals surface area contributed by atoms with Crippen LogP contribution in [0.5, 0.6) is 0 Å². The standard InChI is InChI=1S/C16H21N7O3/c1-9(11-6-18-22(5)10(11)2)19-12(24)7-23-8-17-14-13(23)15(25)21(4)16(26)20(14)3/h6,8-9H,7H2,1-5H3,(H,19,24)/t9-/m1/s1. The second-order valence-corrected chi connectivity index (χ2v) is 6.35. The van der Waals surface area contributed by atoms with Gasteiger partial charge in [-0.2, -0.15) is 5.10 Å². The zero-order valence-electron chi connectivity index (χ0n) is 15.3. The van der Waals surface area contributed by atoms with Gasteiger partial charge >= 0.3 is 5.69 Å². The summed E-state index contributed by atoms with van der Waals surface area (Å²) in [5, 5.41) is 7.07. The Morgan fingerprint density at radius 2 is 1.92 bits per heavy atom. The largest absolute Gasteiger partial charge is 0.348 e. The van der Waals surface area contributed by atoms with Crippen LogP contribution in [0, 0.1) is 6.92 Å². The summed E-state index contributed by atoms with van der Waals surface area (Å²) in [5.41, 5.74) is 1.42. The van der Waals surface area contributed by atoms with Crippen molar-refractivity contribution < 1.29 is 4.79 Å². The lowest BCUT2D eigenvalue weighted by molar-refractivity contribution is -0.122. The number of amides is 1. The van der Waals surface area contributed by atoms with Crippen LogP contribution in [-0.2, 0) is 32.5 Å². The number of fused-ring (bicyclic) bond motifs is 1. The second-order valence-electron chi connectivity index (χ2n) is 6.35. The number of hydrogen-bond donors (Lipinski definition) is 1. The van der Waals surface area contributed by atoms with Crippen LogP contribution in [0.25, 0.3) is 11.2 Å². The van der Waals surface area contributed by atoms with Gasteiger partial charge in [0.05, 0.1) is 18.6 Å². The molecule has 0 saturated heterocycles. The highest BCUT2D eigenvalue weighted by molar-refractivity contribution is 5.79. The van der Waals surface area contributed by atoms with Gasteiger partial charge in [0.15, 0.2) is 11.2 Å². The highest BCUT2D eigenvalue weighted by Crippen LogP contribution is 2.16. The molecule has 0 aliphatic carbocycles. The summed E-state index contributed by atoms with van der Waals surface area (Å²) >= 11 is 0. The molecule has 3 rings (SSSR count). The van der Waals surface area contributed by atoms with Crippen LogP contribution >= 0.6 is 0 Å². The van der Waals surface area contributed by atoms with Crippen LogP contribution in [0.4, 0.5) is 0 Å². The van der Waals surface area contributed by atoms with Crippen molar-refractivity contribution in [3.05, 3.63) is 44.6 Å². The van der Waals surface area contributed by atoms with Crippen molar-refractivity contribution in [1.29, 1.82) is 0 Å². The zero-order valence-corrected chi connectivity index (χ0v) is 15.3. The molecule has 3 aromatic heterocycles. The summed E-state index contributed by atoms with van der Waals surface area (Å²) < 4.78 is 5.48. The van der Waals surface area contributed by atoms with Crippen molar-refractivity contribution in [2.45, 2.75) is 26.4 Å². The minimum atomic E-state index is -0.482. The van der Waals surface area contributed by atoms with E-state index in [9.17, 15) is 14.4 Å². The molecule has 0 radical (unpaired) electrons. The van der Waals surface area contributed by atoms with E-state index in [1.165, 1.54) is 29.6 Å². The van der Waals surface area contributed by atoms with Gasteiger partial charge in [0.25, 0.3) is 5.56 Å². The first-order valence-corrected chi connectivity index (χ1v) is 8.11. The van der Waals surface area contributed by atoms with Gasteiger partial charge in [0.2, 0.25) is 5.91 Å². The van der Waals surface area contributed by atoms with Crippen LogP contribution < -0.4 is 16.6 Å². The van der Waals surface area contributed by atoms with E-state index >= 15 is 0 Å². The maximum atomic E-state index is 12.4. The van der Waals surface area contributed by atoms with Gasteiger partial charge in [-0.15, -0.1) is 0 Å². The van der Waals surface area contributed by atoms with E-state index in [0.717, 1.165) is 15.8 Å². The molecule has 0 aromatic carbocycles. The van der Waals surface area contributed by atoms with Crippen molar-refractivity contribution in [3.8, 4) is 0 Å². The molecule has 0 saturated carbocycles. The first kappa shape index (κ1) is 17.6. The summed E-state index contributed by atoms with van der Waals surface area (Å²) in [6, 6.07) is -0.224. The molecule has 0 aliphatic rings. The smallest absolute Gasteiger partial charge is 0.332 e. The lowest BCUT2D eigenvalue weighted by atomic mass is 10.1. The molecule has 1 amide bonds. The monoisotopic (exact) mass is 359 g/mol.